The summed E-state index contributed by atoms with van der Waals surface area (Å²) >= 11 is 1.43. The molecule has 0 radical (unpaired) electrons. The zero-order valence-corrected chi connectivity index (χ0v) is 18.6. The van der Waals surface area contributed by atoms with Gasteiger partial charge in [0.15, 0.2) is 0 Å². The topological polar surface area (TPSA) is 101 Å². The van der Waals surface area contributed by atoms with Crippen LogP contribution in [0, 0.1) is 10.1 Å². The van der Waals surface area contributed by atoms with E-state index in [0.29, 0.717) is 12.2 Å². The average Bonchev–Trinajstić information content (AvgIpc) is 2.75. The summed E-state index contributed by atoms with van der Waals surface area (Å²) in [5.74, 6) is 0. The molecular formula is C22H23N3O4S2. The number of nitrogens with zero attached hydrogens (tertiary/aromatic N) is 1. The van der Waals surface area contributed by atoms with Crippen LogP contribution < -0.4 is 10.0 Å². The molecule has 0 atom stereocenters. The summed E-state index contributed by atoms with van der Waals surface area (Å²) in [5.41, 5.74) is 1.31. The molecule has 3 rings (SSSR count). The Hall–Kier alpha value is -2.88. The Morgan fingerprint density at radius 3 is 2.48 bits per heavy atom. The molecule has 7 nitrogen and oxygen atoms in total. The summed E-state index contributed by atoms with van der Waals surface area (Å²) < 4.78 is 27.8. The van der Waals surface area contributed by atoms with Crippen LogP contribution in [0.4, 0.5) is 11.4 Å². The summed E-state index contributed by atoms with van der Waals surface area (Å²) in [4.78, 5) is 12.6. The first kappa shape index (κ1) is 22.8. The number of benzene rings is 3. The second-order valence-corrected chi connectivity index (χ2v) is 9.57. The van der Waals surface area contributed by atoms with Crippen LogP contribution >= 0.6 is 11.8 Å². The van der Waals surface area contributed by atoms with Gasteiger partial charge in [-0.1, -0.05) is 43.0 Å². The van der Waals surface area contributed by atoms with Crippen molar-refractivity contribution in [2.75, 3.05) is 11.3 Å². The van der Waals surface area contributed by atoms with Crippen LogP contribution in [0.2, 0.25) is 0 Å². The summed E-state index contributed by atoms with van der Waals surface area (Å²) in [6.07, 6.45) is 0.959. The molecule has 9 heteroatoms. The van der Waals surface area contributed by atoms with Crippen molar-refractivity contribution in [3.8, 4) is 0 Å². The van der Waals surface area contributed by atoms with Crippen molar-refractivity contribution in [3.63, 3.8) is 0 Å². The van der Waals surface area contributed by atoms with Crippen molar-refractivity contribution < 1.29 is 13.3 Å². The molecule has 0 aromatic heterocycles. The van der Waals surface area contributed by atoms with E-state index in [4.69, 9.17) is 0 Å². The van der Waals surface area contributed by atoms with Gasteiger partial charge in [-0.2, -0.15) is 0 Å². The number of nitro groups is 1. The Bertz CT molecular complexity index is 1150. The maximum absolute atomic E-state index is 12.6. The molecule has 3 aromatic carbocycles. The van der Waals surface area contributed by atoms with Crippen LogP contribution in [0.1, 0.15) is 18.9 Å². The Morgan fingerprint density at radius 2 is 1.77 bits per heavy atom. The van der Waals surface area contributed by atoms with Gasteiger partial charge in [0.25, 0.3) is 15.7 Å². The first-order valence-electron chi connectivity index (χ1n) is 9.73. The Morgan fingerprint density at radius 1 is 1.00 bits per heavy atom. The zero-order valence-electron chi connectivity index (χ0n) is 16.9. The smallest absolute Gasteiger partial charge is 0.269 e. The van der Waals surface area contributed by atoms with Crippen molar-refractivity contribution in [1.82, 2.24) is 5.32 Å². The predicted molar refractivity (Wildman–Crippen MR) is 123 cm³/mol. The second kappa shape index (κ2) is 10.4. The Kier molecular flexibility index (Phi) is 7.67. The van der Waals surface area contributed by atoms with Crippen molar-refractivity contribution >= 4 is 33.2 Å². The van der Waals surface area contributed by atoms with Crippen LogP contribution in [0.15, 0.2) is 87.5 Å². The third-order valence-electron chi connectivity index (χ3n) is 4.36. The van der Waals surface area contributed by atoms with Gasteiger partial charge < -0.3 is 5.32 Å². The van der Waals surface area contributed by atoms with Crippen molar-refractivity contribution in [2.24, 2.45) is 0 Å². The standard InChI is InChI=1S/C22H23N3O4S2/c1-2-13-23-16-17-14-19(25(26)27)11-12-22(17)30-20-8-6-7-18(15-20)24-31(28,29)21-9-4-3-5-10-21/h3-12,14-15,23-24H,2,13,16H2,1H3. The van der Waals surface area contributed by atoms with Gasteiger partial charge in [0.2, 0.25) is 0 Å². The Labute approximate surface area is 186 Å². The third kappa shape index (κ3) is 6.30. The van der Waals surface area contributed by atoms with E-state index in [0.717, 1.165) is 28.3 Å². The maximum Gasteiger partial charge on any atom is 0.269 e. The highest BCUT2D eigenvalue weighted by Crippen LogP contribution is 2.34. The molecule has 0 saturated carbocycles. The minimum atomic E-state index is -3.69. The van der Waals surface area contributed by atoms with Gasteiger partial charge in [-0.05, 0) is 54.9 Å². The quantitative estimate of drug-likeness (QED) is 0.251. The number of nitro benzene ring substituents is 1. The molecule has 3 aromatic rings. The molecule has 0 aliphatic rings. The van der Waals surface area contributed by atoms with Crippen LogP contribution in [-0.2, 0) is 16.6 Å². The number of hydrogen-bond donors (Lipinski definition) is 2. The first-order valence-corrected chi connectivity index (χ1v) is 12.0. The monoisotopic (exact) mass is 457 g/mol. The van der Waals surface area contributed by atoms with Gasteiger partial charge in [0.05, 0.1) is 9.82 Å². The molecule has 31 heavy (non-hydrogen) atoms. The summed E-state index contributed by atoms with van der Waals surface area (Å²) in [7, 11) is -3.69. The van der Waals surface area contributed by atoms with Crippen molar-refractivity contribution in [1.29, 1.82) is 0 Å². The fourth-order valence-electron chi connectivity index (χ4n) is 2.88. The van der Waals surface area contributed by atoms with Crippen LogP contribution in [-0.4, -0.2) is 19.9 Å². The van der Waals surface area contributed by atoms with E-state index in [1.165, 1.54) is 30.0 Å². The summed E-state index contributed by atoms with van der Waals surface area (Å²) in [6, 6.07) is 20.0. The number of anilines is 1. The lowest BCUT2D eigenvalue weighted by molar-refractivity contribution is -0.385. The van der Waals surface area contributed by atoms with E-state index in [1.807, 2.05) is 6.07 Å². The lowest BCUT2D eigenvalue weighted by atomic mass is 10.2. The van der Waals surface area contributed by atoms with Crippen LogP contribution in [0.25, 0.3) is 0 Å². The first-order chi connectivity index (χ1) is 14.9. The molecule has 0 spiro atoms. The van der Waals surface area contributed by atoms with E-state index in [2.05, 4.69) is 17.0 Å². The molecule has 0 unspecified atom stereocenters. The normalized spacial score (nSPS) is 11.3. The highest BCUT2D eigenvalue weighted by molar-refractivity contribution is 7.99. The number of sulfonamides is 1. The molecule has 0 bridgehead atoms. The average molecular weight is 458 g/mol. The number of nitrogens with one attached hydrogen (secondary N) is 2. The SMILES string of the molecule is CCCNCc1cc([N+](=O)[O-])ccc1Sc1cccc(NS(=O)(=O)c2ccccc2)c1. The molecule has 162 valence electrons. The second-order valence-electron chi connectivity index (χ2n) is 6.77. The predicted octanol–water partition coefficient (Wildman–Crippen LogP) is 5.05. The fraction of sp³-hybridized carbons (Fsp3) is 0.182. The van der Waals surface area contributed by atoms with Crippen LogP contribution in [0.3, 0.4) is 0 Å². The maximum atomic E-state index is 12.6. The van der Waals surface area contributed by atoms with Gasteiger partial charge in [0, 0.05) is 34.2 Å². The third-order valence-corrected chi connectivity index (χ3v) is 6.87. The molecule has 0 amide bonds. The molecule has 0 aliphatic heterocycles. The molecule has 0 fully saturated rings. The highest BCUT2D eigenvalue weighted by atomic mass is 32.2. The van der Waals surface area contributed by atoms with Gasteiger partial charge in [-0.15, -0.1) is 0 Å². The lowest BCUT2D eigenvalue weighted by Gasteiger charge is -2.12. The van der Waals surface area contributed by atoms with E-state index in [9.17, 15) is 18.5 Å². The summed E-state index contributed by atoms with van der Waals surface area (Å²) in [5, 5.41) is 14.4. The van der Waals surface area contributed by atoms with Crippen molar-refractivity contribution in [3.05, 3.63) is 88.5 Å². The highest BCUT2D eigenvalue weighted by Gasteiger charge is 2.15. The van der Waals surface area contributed by atoms with Gasteiger partial charge >= 0.3 is 0 Å². The molecule has 2 N–H and O–H groups in total. The number of rotatable bonds is 10. The largest absolute Gasteiger partial charge is 0.313 e. The van der Waals surface area contributed by atoms with E-state index in [1.54, 1.807) is 48.5 Å². The minimum absolute atomic E-state index is 0.0435. The number of hydrogen-bond acceptors (Lipinski definition) is 6. The van der Waals surface area contributed by atoms with Gasteiger partial charge in [0.1, 0.15) is 0 Å². The van der Waals surface area contributed by atoms with Crippen LogP contribution in [0.5, 0.6) is 0 Å². The molecule has 0 aliphatic carbocycles. The molecular weight excluding hydrogens is 434 g/mol. The van der Waals surface area contributed by atoms with E-state index >= 15 is 0 Å². The van der Waals surface area contributed by atoms with Crippen molar-refractivity contribution in [2.45, 2.75) is 34.6 Å². The molecule has 0 heterocycles. The van der Waals surface area contributed by atoms with Gasteiger partial charge in [-0.25, -0.2) is 8.42 Å². The summed E-state index contributed by atoms with van der Waals surface area (Å²) in [6.45, 7) is 3.37. The zero-order chi connectivity index (χ0) is 22.3. The van der Waals surface area contributed by atoms with E-state index in [-0.39, 0.29) is 10.6 Å². The van der Waals surface area contributed by atoms with E-state index < -0.39 is 14.9 Å². The Balaban J connectivity index is 1.82. The minimum Gasteiger partial charge on any atom is -0.313 e. The van der Waals surface area contributed by atoms with Gasteiger partial charge in [-0.3, -0.25) is 14.8 Å². The lowest BCUT2D eigenvalue weighted by Crippen LogP contribution is -2.14. The number of non-ortho nitro benzene ring substituents is 1. The molecule has 0 saturated heterocycles. The fourth-order valence-corrected chi connectivity index (χ4v) is 4.94.